The summed E-state index contributed by atoms with van der Waals surface area (Å²) in [4.78, 5) is 11.0. The molecule has 1 aliphatic rings. The first-order valence-electron chi connectivity index (χ1n) is 6.11. The summed E-state index contributed by atoms with van der Waals surface area (Å²) in [7, 11) is -3.57. The summed E-state index contributed by atoms with van der Waals surface area (Å²) < 4.78 is 27.0. The van der Waals surface area contributed by atoms with Crippen molar-refractivity contribution in [2.45, 2.75) is 25.2 Å². The molecule has 0 bridgehead atoms. The average molecular weight is 283 g/mol. The molecule has 1 saturated carbocycles. The first kappa shape index (κ1) is 14.0. The number of hydrogen-bond donors (Lipinski definition) is 2. The number of sulfonamides is 1. The van der Waals surface area contributed by atoms with Crippen LogP contribution >= 0.6 is 0 Å². The zero-order valence-electron chi connectivity index (χ0n) is 10.9. The predicted octanol–water partition coefficient (Wildman–Crippen LogP) is 1.30. The van der Waals surface area contributed by atoms with Crippen LogP contribution in [0.25, 0.3) is 0 Å². The van der Waals surface area contributed by atoms with Gasteiger partial charge in [0.1, 0.15) is 0 Å². The van der Waals surface area contributed by atoms with Crippen LogP contribution in [0.2, 0.25) is 0 Å². The van der Waals surface area contributed by atoms with Crippen molar-refractivity contribution in [2.75, 3.05) is 6.54 Å². The normalized spacial score (nSPS) is 22.2. The van der Waals surface area contributed by atoms with E-state index in [0.717, 1.165) is 0 Å². The molecule has 0 aromatic heterocycles. The smallest absolute Gasteiger partial charge is 0.306 e. The van der Waals surface area contributed by atoms with Crippen molar-refractivity contribution < 1.29 is 18.3 Å². The quantitative estimate of drug-likeness (QED) is 0.853. The second-order valence-corrected chi connectivity index (χ2v) is 6.72. The molecule has 1 aromatic carbocycles. The van der Waals surface area contributed by atoms with E-state index >= 15 is 0 Å². The van der Waals surface area contributed by atoms with Crippen molar-refractivity contribution in [2.24, 2.45) is 11.8 Å². The first-order valence-corrected chi connectivity index (χ1v) is 7.60. The number of aliphatic carboxylic acids is 1. The molecule has 0 heterocycles. The van der Waals surface area contributed by atoms with Crippen LogP contribution in [0.3, 0.4) is 0 Å². The molecule has 1 aromatic rings. The van der Waals surface area contributed by atoms with Crippen molar-refractivity contribution in [3.63, 3.8) is 0 Å². The SMILES string of the molecule is Cc1cccc(C)c1S(=O)(=O)NC[C@@H]1C[C@H]1C(=O)O. The lowest BCUT2D eigenvalue weighted by Crippen LogP contribution is -2.28. The van der Waals surface area contributed by atoms with Gasteiger partial charge in [-0.2, -0.15) is 0 Å². The highest BCUT2D eigenvalue weighted by atomic mass is 32.2. The van der Waals surface area contributed by atoms with Crippen molar-refractivity contribution in [3.05, 3.63) is 29.3 Å². The average Bonchev–Trinajstić information content (AvgIpc) is 3.05. The molecule has 0 spiro atoms. The molecule has 0 aliphatic heterocycles. The Labute approximate surface area is 112 Å². The van der Waals surface area contributed by atoms with E-state index in [9.17, 15) is 13.2 Å². The van der Waals surface area contributed by atoms with Gasteiger partial charge in [0, 0.05) is 6.54 Å². The molecule has 2 atom stereocenters. The molecule has 0 saturated heterocycles. The molecular weight excluding hydrogens is 266 g/mol. The summed E-state index contributed by atoms with van der Waals surface area (Å²) in [5.41, 5.74) is 1.39. The Bertz CT molecular complexity index is 589. The van der Waals surface area contributed by atoms with Crippen LogP contribution in [0.1, 0.15) is 17.5 Å². The van der Waals surface area contributed by atoms with Gasteiger partial charge in [-0.15, -0.1) is 0 Å². The highest BCUT2D eigenvalue weighted by Crippen LogP contribution is 2.38. The van der Waals surface area contributed by atoms with Gasteiger partial charge in [-0.3, -0.25) is 4.79 Å². The van der Waals surface area contributed by atoms with Crippen LogP contribution in [0, 0.1) is 25.7 Å². The molecule has 2 N–H and O–H groups in total. The Hall–Kier alpha value is -1.40. The lowest BCUT2D eigenvalue weighted by Gasteiger charge is -2.11. The summed E-state index contributed by atoms with van der Waals surface area (Å²) in [6.45, 7) is 3.69. The summed E-state index contributed by atoms with van der Waals surface area (Å²) in [5.74, 6) is -1.34. The van der Waals surface area contributed by atoms with Crippen LogP contribution in [-0.4, -0.2) is 26.0 Å². The second-order valence-electron chi connectivity index (χ2n) is 5.01. The van der Waals surface area contributed by atoms with Crippen molar-refractivity contribution >= 4 is 16.0 Å². The van der Waals surface area contributed by atoms with Gasteiger partial charge in [0.2, 0.25) is 10.0 Å². The maximum absolute atomic E-state index is 12.2. The van der Waals surface area contributed by atoms with Crippen molar-refractivity contribution in [1.82, 2.24) is 4.72 Å². The Kier molecular flexibility index (Phi) is 3.64. The van der Waals surface area contributed by atoms with E-state index in [1.165, 1.54) is 0 Å². The number of benzene rings is 1. The largest absolute Gasteiger partial charge is 0.481 e. The van der Waals surface area contributed by atoms with Crippen LogP contribution in [-0.2, 0) is 14.8 Å². The van der Waals surface area contributed by atoms with Gasteiger partial charge in [0.15, 0.2) is 0 Å². The summed E-state index contributed by atoms with van der Waals surface area (Å²) in [6, 6.07) is 5.31. The minimum Gasteiger partial charge on any atom is -0.481 e. The topological polar surface area (TPSA) is 83.5 Å². The fourth-order valence-corrected chi connectivity index (χ4v) is 3.85. The molecule has 104 valence electrons. The lowest BCUT2D eigenvalue weighted by molar-refractivity contribution is -0.138. The third kappa shape index (κ3) is 2.96. The molecule has 0 amide bonds. The van der Waals surface area contributed by atoms with E-state index in [2.05, 4.69) is 4.72 Å². The van der Waals surface area contributed by atoms with Gasteiger partial charge in [0.25, 0.3) is 0 Å². The van der Waals surface area contributed by atoms with Crippen LogP contribution in [0.4, 0.5) is 0 Å². The van der Waals surface area contributed by atoms with Gasteiger partial charge in [0.05, 0.1) is 10.8 Å². The molecule has 2 rings (SSSR count). The van der Waals surface area contributed by atoms with E-state index in [-0.39, 0.29) is 12.5 Å². The van der Waals surface area contributed by atoms with E-state index < -0.39 is 21.9 Å². The van der Waals surface area contributed by atoms with E-state index in [4.69, 9.17) is 5.11 Å². The number of carboxylic acids is 1. The number of nitrogens with one attached hydrogen (secondary N) is 1. The first-order chi connectivity index (χ1) is 8.83. The monoisotopic (exact) mass is 283 g/mol. The van der Waals surface area contributed by atoms with Crippen molar-refractivity contribution in [3.8, 4) is 0 Å². The van der Waals surface area contributed by atoms with E-state index in [1.54, 1.807) is 26.0 Å². The third-order valence-electron chi connectivity index (χ3n) is 3.45. The molecule has 1 aliphatic carbocycles. The maximum Gasteiger partial charge on any atom is 0.306 e. The molecule has 0 unspecified atom stereocenters. The number of carboxylic acid groups (broad SMARTS) is 1. The molecule has 19 heavy (non-hydrogen) atoms. The minimum atomic E-state index is -3.57. The fraction of sp³-hybridized carbons (Fsp3) is 0.462. The Balaban J connectivity index is 2.09. The van der Waals surface area contributed by atoms with Crippen molar-refractivity contribution in [1.29, 1.82) is 0 Å². The maximum atomic E-state index is 12.2. The van der Waals surface area contributed by atoms with Gasteiger partial charge in [-0.25, -0.2) is 13.1 Å². The number of carbonyl (C=O) groups is 1. The number of rotatable bonds is 5. The molecule has 5 nitrogen and oxygen atoms in total. The Morgan fingerprint density at radius 1 is 1.37 bits per heavy atom. The highest BCUT2D eigenvalue weighted by molar-refractivity contribution is 7.89. The lowest BCUT2D eigenvalue weighted by atomic mass is 10.2. The van der Waals surface area contributed by atoms with Gasteiger partial charge in [-0.05, 0) is 37.3 Å². The molecular formula is C13H17NO4S. The molecule has 1 fully saturated rings. The third-order valence-corrected chi connectivity index (χ3v) is 5.18. The Morgan fingerprint density at radius 2 is 1.95 bits per heavy atom. The van der Waals surface area contributed by atoms with E-state index in [0.29, 0.717) is 22.4 Å². The summed E-state index contributed by atoms with van der Waals surface area (Å²) in [5, 5.41) is 8.78. The summed E-state index contributed by atoms with van der Waals surface area (Å²) in [6.07, 6.45) is 0.546. The Morgan fingerprint density at radius 3 is 2.42 bits per heavy atom. The van der Waals surface area contributed by atoms with E-state index in [1.807, 2.05) is 6.07 Å². The van der Waals surface area contributed by atoms with Crippen LogP contribution in [0.5, 0.6) is 0 Å². The summed E-state index contributed by atoms with van der Waals surface area (Å²) >= 11 is 0. The molecule has 0 radical (unpaired) electrons. The fourth-order valence-electron chi connectivity index (χ4n) is 2.29. The standard InChI is InChI=1S/C13H17NO4S/c1-8-4-3-5-9(2)12(8)19(17,18)14-7-10-6-11(10)13(15)16/h3-5,10-11,14H,6-7H2,1-2H3,(H,15,16)/t10-,11+/m0/s1. The number of hydrogen-bond acceptors (Lipinski definition) is 3. The predicted molar refractivity (Wildman–Crippen MR) is 70.3 cm³/mol. The zero-order chi connectivity index (χ0) is 14.2. The highest BCUT2D eigenvalue weighted by Gasteiger charge is 2.43. The van der Waals surface area contributed by atoms with Crippen LogP contribution in [0.15, 0.2) is 23.1 Å². The van der Waals surface area contributed by atoms with Gasteiger partial charge < -0.3 is 5.11 Å². The zero-order valence-corrected chi connectivity index (χ0v) is 11.7. The molecule has 6 heteroatoms. The van der Waals surface area contributed by atoms with Crippen LogP contribution < -0.4 is 4.72 Å². The van der Waals surface area contributed by atoms with Gasteiger partial charge in [-0.1, -0.05) is 18.2 Å². The second kappa shape index (κ2) is 4.94. The van der Waals surface area contributed by atoms with Gasteiger partial charge >= 0.3 is 5.97 Å². The minimum absolute atomic E-state index is 0.0865. The number of aryl methyl sites for hydroxylation is 2.